The number of carbonyl (C=O) groups excluding carboxylic acids is 1. The van der Waals surface area contributed by atoms with E-state index in [4.69, 9.17) is 9.26 Å². The Morgan fingerprint density at radius 3 is 2.48 bits per heavy atom. The predicted molar refractivity (Wildman–Crippen MR) is 84.9 cm³/mol. The van der Waals surface area contributed by atoms with Crippen LogP contribution in [0.3, 0.4) is 0 Å². The smallest absolute Gasteiger partial charge is 0.409 e. The molecule has 0 bridgehead atoms. The molecular weight excluding hydrogens is 294 g/mol. The van der Waals surface area contributed by atoms with Crippen molar-refractivity contribution in [3.05, 3.63) is 54.6 Å². The van der Waals surface area contributed by atoms with Crippen molar-refractivity contribution in [1.82, 2.24) is 15.0 Å². The molecule has 23 heavy (non-hydrogen) atoms. The second kappa shape index (κ2) is 6.31. The fourth-order valence-electron chi connectivity index (χ4n) is 1.96. The molecule has 0 radical (unpaired) electrons. The zero-order valence-electron chi connectivity index (χ0n) is 12.8. The molecule has 0 saturated carbocycles. The summed E-state index contributed by atoms with van der Waals surface area (Å²) < 4.78 is 10.7. The number of para-hydroxylation sites is 1. The molecule has 0 fully saturated rings. The van der Waals surface area contributed by atoms with Crippen LogP contribution in [0.2, 0.25) is 0 Å². The molecule has 1 aromatic heterocycles. The van der Waals surface area contributed by atoms with E-state index in [-0.39, 0.29) is 0 Å². The summed E-state index contributed by atoms with van der Waals surface area (Å²) in [6, 6.07) is 16.5. The van der Waals surface area contributed by atoms with E-state index in [1.807, 2.05) is 36.4 Å². The van der Waals surface area contributed by atoms with Crippen LogP contribution in [-0.4, -0.2) is 35.2 Å². The predicted octanol–water partition coefficient (Wildman–Crippen LogP) is 3.46. The number of hydrogen-bond acceptors (Lipinski definition) is 5. The minimum Gasteiger partial charge on any atom is -0.409 e. The van der Waals surface area contributed by atoms with E-state index in [0.29, 0.717) is 23.0 Å². The Labute approximate surface area is 133 Å². The largest absolute Gasteiger partial charge is 0.414 e. The third-order valence-corrected chi connectivity index (χ3v) is 3.14. The minimum atomic E-state index is -0.472. The first-order valence-electron chi connectivity index (χ1n) is 7.03. The van der Waals surface area contributed by atoms with E-state index >= 15 is 0 Å². The number of ether oxygens (including phenoxy) is 1. The van der Waals surface area contributed by atoms with Crippen LogP contribution in [0.4, 0.5) is 4.79 Å². The lowest BCUT2D eigenvalue weighted by molar-refractivity contribution is 0.172. The summed E-state index contributed by atoms with van der Waals surface area (Å²) in [4.78, 5) is 17.5. The van der Waals surface area contributed by atoms with Crippen LogP contribution in [0.25, 0.3) is 22.8 Å². The van der Waals surface area contributed by atoms with Gasteiger partial charge in [0.2, 0.25) is 5.82 Å². The van der Waals surface area contributed by atoms with Crippen molar-refractivity contribution >= 4 is 6.09 Å². The summed E-state index contributed by atoms with van der Waals surface area (Å²) in [5.41, 5.74) is 1.42. The quantitative estimate of drug-likeness (QED) is 0.741. The molecule has 1 heterocycles. The number of benzene rings is 2. The van der Waals surface area contributed by atoms with Gasteiger partial charge in [-0.15, -0.1) is 0 Å². The lowest BCUT2D eigenvalue weighted by atomic mass is 10.2. The van der Waals surface area contributed by atoms with Gasteiger partial charge in [-0.25, -0.2) is 4.79 Å². The number of aromatic nitrogens is 2. The van der Waals surface area contributed by atoms with Crippen molar-refractivity contribution in [2.45, 2.75) is 0 Å². The van der Waals surface area contributed by atoms with Crippen molar-refractivity contribution in [1.29, 1.82) is 0 Å². The molecule has 0 N–H and O–H groups in total. The number of nitrogens with zero attached hydrogens (tertiary/aromatic N) is 3. The van der Waals surface area contributed by atoms with Crippen molar-refractivity contribution in [2.24, 2.45) is 0 Å². The molecule has 116 valence electrons. The number of rotatable bonds is 3. The van der Waals surface area contributed by atoms with Gasteiger partial charge in [0, 0.05) is 19.7 Å². The number of carbonyl (C=O) groups is 1. The minimum absolute atomic E-state index is 0.297. The molecule has 3 aromatic rings. The van der Waals surface area contributed by atoms with E-state index in [2.05, 4.69) is 10.1 Å². The summed E-state index contributed by atoms with van der Waals surface area (Å²) in [5, 5.41) is 3.98. The van der Waals surface area contributed by atoms with Crippen molar-refractivity contribution < 1.29 is 14.1 Å². The van der Waals surface area contributed by atoms with E-state index in [9.17, 15) is 4.79 Å². The lowest BCUT2D eigenvalue weighted by Crippen LogP contribution is -2.25. The summed E-state index contributed by atoms with van der Waals surface area (Å²) >= 11 is 0. The standard InChI is InChI=1S/C17H15N3O3/c1-20(2)17(21)22-14-11-7-6-10-13(14)16-18-15(19-23-16)12-8-4-3-5-9-12/h3-11H,1-2H3. The highest BCUT2D eigenvalue weighted by atomic mass is 16.6. The van der Waals surface area contributed by atoms with Crippen LogP contribution in [0, 0.1) is 0 Å². The molecule has 0 spiro atoms. The van der Waals surface area contributed by atoms with Gasteiger partial charge in [0.05, 0.1) is 5.56 Å². The average molecular weight is 309 g/mol. The van der Waals surface area contributed by atoms with Gasteiger partial charge >= 0.3 is 6.09 Å². The maximum absolute atomic E-state index is 11.8. The Morgan fingerprint density at radius 2 is 1.74 bits per heavy atom. The van der Waals surface area contributed by atoms with E-state index in [0.717, 1.165) is 5.56 Å². The van der Waals surface area contributed by atoms with Crippen LogP contribution in [0.1, 0.15) is 0 Å². The number of hydrogen-bond donors (Lipinski definition) is 0. The molecule has 2 aromatic carbocycles. The Kier molecular flexibility index (Phi) is 4.05. The van der Waals surface area contributed by atoms with Gasteiger partial charge in [-0.2, -0.15) is 4.98 Å². The highest BCUT2D eigenvalue weighted by Crippen LogP contribution is 2.30. The van der Waals surface area contributed by atoms with Gasteiger partial charge in [-0.1, -0.05) is 47.6 Å². The summed E-state index contributed by atoms with van der Waals surface area (Å²) in [6.07, 6.45) is -0.472. The van der Waals surface area contributed by atoms with E-state index in [1.165, 1.54) is 4.90 Å². The summed E-state index contributed by atoms with van der Waals surface area (Å²) in [6.45, 7) is 0. The molecule has 0 aliphatic carbocycles. The first-order valence-corrected chi connectivity index (χ1v) is 7.03. The maximum Gasteiger partial charge on any atom is 0.414 e. The topological polar surface area (TPSA) is 68.5 Å². The first kappa shape index (κ1) is 14.8. The van der Waals surface area contributed by atoms with Gasteiger partial charge < -0.3 is 14.2 Å². The van der Waals surface area contributed by atoms with Crippen molar-refractivity contribution in [2.75, 3.05) is 14.1 Å². The Morgan fingerprint density at radius 1 is 1.04 bits per heavy atom. The molecule has 0 unspecified atom stereocenters. The van der Waals surface area contributed by atoms with Crippen LogP contribution in [-0.2, 0) is 0 Å². The summed E-state index contributed by atoms with van der Waals surface area (Å²) in [5.74, 6) is 1.15. The monoisotopic (exact) mass is 309 g/mol. The van der Waals surface area contributed by atoms with Crippen LogP contribution < -0.4 is 4.74 Å². The van der Waals surface area contributed by atoms with Gasteiger partial charge in [0.25, 0.3) is 5.89 Å². The molecule has 6 nitrogen and oxygen atoms in total. The molecule has 3 rings (SSSR count). The molecular formula is C17H15N3O3. The molecule has 0 saturated heterocycles. The Balaban J connectivity index is 1.94. The second-order valence-corrected chi connectivity index (χ2v) is 5.05. The Hall–Kier alpha value is -3.15. The fourth-order valence-corrected chi connectivity index (χ4v) is 1.96. The molecule has 0 aliphatic rings. The van der Waals surface area contributed by atoms with Crippen molar-refractivity contribution in [3.63, 3.8) is 0 Å². The first-order chi connectivity index (χ1) is 11.1. The van der Waals surface area contributed by atoms with Gasteiger partial charge in [0.15, 0.2) is 0 Å². The molecule has 1 amide bonds. The lowest BCUT2D eigenvalue weighted by Gasteiger charge is -2.12. The Bertz CT molecular complexity index is 813. The van der Waals surface area contributed by atoms with Gasteiger partial charge in [-0.3, -0.25) is 0 Å². The van der Waals surface area contributed by atoms with Crippen LogP contribution in [0.15, 0.2) is 59.1 Å². The maximum atomic E-state index is 11.8. The molecule has 6 heteroatoms. The molecule has 0 atom stereocenters. The van der Waals surface area contributed by atoms with E-state index < -0.39 is 6.09 Å². The fraction of sp³-hybridized carbons (Fsp3) is 0.118. The normalized spacial score (nSPS) is 10.3. The van der Waals surface area contributed by atoms with Gasteiger partial charge in [0.1, 0.15) is 5.75 Å². The van der Waals surface area contributed by atoms with Crippen molar-refractivity contribution in [3.8, 4) is 28.6 Å². The second-order valence-electron chi connectivity index (χ2n) is 5.05. The summed E-state index contributed by atoms with van der Waals surface area (Å²) in [7, 11) is 3.23. The van der Waals surface area contributed by atoms with Crippen LogP contribution >= 0.6 is 0 Å². The van der Waals surface area contributed by atoms with E-state index in [1.54, 1.807) is 32.3 Å². The van der Waals surface area contributed by atoms with Gasteiger partial charge in [-0.05, 0) is 12.1 Å². The third-order valence-electron chi connectivity index (χ3n) is 3.14. The highest BCUT2D eigenvalue weighted by molar-refractivity contribution is 5.74. The SMILES string of the molecule is CN(C)C(=O)Oc1ccccc1-c1nc(-c2ccccc2)no1. The zero-order valence-corrected chi connectivity index (χ0v) is 12.8. The average Bonchev–Trinajstić information content (AvgIpc) is 3.06. The highest BCUT2D eigenvalue weighted by Gasteiger charge is 2.17. The van der Waals surface area contributed by atoms with Crippen LogP contribution in [0.5, 0.6) is 5.75 Å². The number of amides is 1. The zero-order chi connectivity index (χ0) is 16.2. The third kappa shape index (κ3) is 3.21. The molecule has 0 aliphatic heterocycles.